The van der Waals surface area contributed by atoms with Crippen LogP contribution in [0.3, 0.4) is 0 Å². The molecule has 0 bridgehead atoms. The summed E-state index contributed by atoms with van der Waals surface area (Å²) in [6, 6.07) is 13.4. The molecule has 5 nitrogen and oxygen atoms in total. The fourth-order valence-corrected chi connectivity index (χ4v) is 2.53. The van der Waals surface area contributed by atoms with Crippen LogP contribution < -0.4 is 10.3 Å². The van der Waals surface area contributed by atoms with Gasteiger partial charge in [0.05, 0.1) is 5.39 Å². The lowest BCUT2D eigenvalue weighted by Gasteiger charge is -2.10. The maximum absolute atomic E-state index is 12.5. The molecule has 0 amide bonds. The SMILES string of the molecule is CCCn1nc(C(=O)Oc2ccc(Cl)cc2)c2ccccc2c1=O. The zero-order valence-electron chi connectivity index (χ0n) is 13.0. The van der Waals surface area contributed by atoms with Gasteiger partial charge in [-0.2, -0.15) is 5.10 Å². The van der Waals surface area contributed by atoms with Gasteiger partial charge in [-0.1, -0.05) is 36.7 Å². The topological polar surface area (TPSA) is 61.2 Å². The lowest BCUT2D eigenvalue weighted by molar-refractivity contribution is 0.0728. The second kappa shape index (κ2) is 6.84. The number of carbonyl (C=O) groups excluding carboxylic acids is 1. The van der Waals surface area contributed by atoms with Crippen molar-refractivity contribution in [3.8, 4) is 5.75 Å². The third-order valence-electron chi connectivity index (χ3n) is 3.52. The highest BCUT2D eigenvalue weighted by Gasteiger charge is 2.18. The number of hydrogen-bond donors (Lipinski definition) is 0. The highest BCUT2D eigenvalue weighted by atomic mass is 35.5. The van der Waals surface area contributed by atoms with E-state index in [1.54, 1.807) is 48.5 Å². The lowest BCUT2D eigenvalue weighted by Crippen LogP contribution is -2.27. The summed E-state index contributed by atoms with van der Waals surface area (Å²) >= 11 is 5.83. The van der Waals surface area contributed by atoms with E-state index in [1.807, 2.05) is 6.92 Å². The molecule has 0 saturated carbocycles. The Kier molecular flexibility index (Phi) is 4.62. The number of rotatable bonds is 4. The van der Waals surface area contributed by atoms with E-state index in [9.17, 15) is 9.59 Å². The van der Waals surface area contributed by atoms with Crippen molar-refractivity contribution in [1.82, 2.24) is 9.78 Å². The van der Waals surface area contributed by atoms with Crippen LogP contribution in [0.15, 0.2) is 53.3 Å². The molecule has 24 heavy (non-hydrogen) atoms. The first-order valence-corrected chi connectivity index (χ1v) is 7.95. The van der Waals surface area contributed by atoms with Crippen LogP contribution >= 0.6 is 11.6 Å². The molecule has 2 aromatic carbocycles. The maximum atomic E-state index is 12.5. The van der Waals surface area contributed by atoms with Gasteiger partial charge in [0.25, 0.3) is 5.56 Å². The van der Waals surface area contributed by atoms with Gasteiger partial charge >= 0.3 is 5.97 Å². The molecule has 0 spiro atoms. The largest absolute Gasteiger partial charge is 0.422 e. The Morgan fingerprint density at radius 1 is 1.12 bits per heavy atom. The van der Waals surface area contributed by atoms with E-state index in [4.69, 9.17) is 16.3 Å². The monoisotopic (exact) mass is 342 g/mol. The number of aryl methyl sites for hydroxylation is 1. The van der Waals surface area contributed by atoms with Crippen LogP contribution in [-0.2, 0) is 6.54 Å². The average Bonchev–Trinajstić information content (AvgIpc) is 2.59. The summed E-state index contributed by atoms with van der Waals surface area (Å²) in [5, 5.41) is 5.69. The number of esters is 1. The number of benzene rings is 2. The van der Waals surface area contributed by atoms with E-state index >= 15 is 0 Å². The molecule has 0 unspecified atom stereocenters. The van der Waals surface area contributed by atoms with Gasteiger partial charge in [0.15, 0.2) is 5.69 Å². The van der Waals surface area contributed by atoms with Gasteiger partial charge in [-0.05, 0) is 36.8 Å². The highest BCUT2D eigenvalue weighted by Crippen LogP contribution is 2.19. The smallest absolute Gasteiger partial charge is 0.364 e. The molecule has 122 valence electrons. The molecular weight excluding hydrogens is 328 g/mol. The predicted molar refractivity (Wildman–Crippen MR) is 92.7 cm³/mol. The second-order valence-electron chi connectivity index (χ2n) is 5.27. The van der Waals surface area contributed by atoms with Crippen LogP contribution in [0.1, 0.15) is 23.8 Å². The Labute approximate surface area is 143 Å². The van der Waals surface area contributed by atoms with Gasteiger partial charge in [-0.3, -0.25) is 4.79 Å². The summed E-state index contributed by atoms with van der Waals surface area (Å²) in [5.74, 6) is -0.248. The normalized spacial score (nSPS) is 10.8. The number of aromatic nitrogens is 2. The van der Waals surface area contributed by atoms with Crippen molar-refractivity contribution in [2.24, 2.45) is 0 Å². The molecule has 1 heterocycles. The highest BCUT2D eigenvalue weighted by molar-refractivity contribution is 6.30. The summed E-state index contributed by atoms with van der Waals surface area (Å²) in [6.07, 6.45) is 0.733. The third kappa shape index (κ3) is 3.16. The summed E-state index contributed by atoms with van der Waals surface area (Å²) in [5.41, 5.74) is -0.0934. The van der Waals surface area contributed by atoms with E-state index in [1.165, 1.54) is 4.68 Å². The molecule has 0 N–H and O–H groups in total. The van der Waals surface area contributed by atoms with E-state index in [0.29, 0.717) is 28.1 Å². The summed E-state index contributed by atoms with van der Waals surface area (Å²) < 4.78 is 6.67. The molecule has 0 saturated heterocycles. The summed E-state index contributed by atoms with van der Waals surface area (Å²) in [4.78, 5) is 25.0. The molecule has 3 aromatic rings. The minimum Gasteiger partial charge on any atom is -0.422 e. The zero-order valence-corrected chi connectivity index (χ0v) is 13.8. The molecule has 0 radical (unpaired) electrons. The number of hydrogen-bond acceptors (Lipinski definition) is 4. The first-order valence-electron chi connectivity index (χ1n) is 7.57. The standard InChI is InChI=1S/C18H15ClN2O3/c1-2-11-21-17(22)15-6-4-3-5-14(15)16(20-21)18(23)24-13-9-7-12(19)8-10-13/h3-10H,2,11H2,1H3. The number of nitrogens with zero attached hydrogens (tertiary/aromatic N) is 2. The fraction of sp³-hybridized carbons (Fsp3) is 0.167. The Hall–Kier alpha value is -2.66. The van der Waals surface area contributed by atoms with Crippen LogP contribution in [0.2, 0.25) is 5.02 Å². The summed E-state index contributed by atoms with van der Waals surface area (Å²) in [6.45, 7) is 2.37. The molecule has 1 aromatic heterocycles. The van der Waals surface area contributed by atoms with Crippen LogP contribution in [-0.4, -0.2) is 15.7 Å². The first-order chi connectivity index (χ1) is 11.6. The van der Waals surface area contributed by atoms with Gasteiger partial charge in [-0.25, -0.2) is 9.48 Å². The van der Waals surface area contributed by atoms with Gasteiger partial charge in [-0.15, -0.1) is 0 Å². The Bertz CT molecular complexity index is 949. The van der Waals surface area contributed by atoms with Crippen LogP contribution in [0.4, 0.5) is 0 Å². The van der Waals surface area contributed by atoms with E-state index in [2.05, 4.69) is 5.10 Å². The van der Waals surface area contributed by atoms with Crippen molar-refractivity contribution in [2.75, 3.05) is 0 Å². The Morgan fingerprint density at radius 3 is 2.46 bits per heavy atom. The fourth-order valence-electron chi connectivity index (χ4n) is 2.41. The minimum absolute atomic E-state index is 0.119. The number of carbonyl (C=O) groups is 1. The van der Waals surface area contributed by atoms with E-state index in [-0.39, 0.29) is 11.3 Å². The van der Waals surface area contributed by atoms with Crippen molar-refractivity contribution >= 4 is 28.3 Å². The Balaban J connectivity index is 2.07. The molecular formula is C18H15ClN2O3. The number of fused-ring (bicyclic) bond motifs is 1. The van der Waals surface area contributed by atoms with Gasteiger partial charge in [0.1, 0.15) is 5.75 Å². The van der Waals surface area contributed by atoms with Crippen LogP contribution in [0, 0.1) is 0 Å². The zero-order chi connectivity index (χ0) is 17.1. The van der Waals surface area contributed by atoms with Gasteiger partial charge < -0.3 is 4.74 Å². The van der Waals surface area contributed by atoms with Crippen molar-refractivity contribution < 1.29 is 9.53 Å². The molecule has 0 fully saturated rings. The molecule has 0 aliphatic rings. The quantitative estimate of drug-likeness (QED) is 0.536. The molecule has 6 heteroatoms. The lowest BCUT2D eigenvalue weighted by atomic mass is 10.1. The number of halogens is 1. The molecule has 0 atom stereocenters. The summed E-state index contributed by atoms with van der Waals surface area (Å²) in [7, 11) is 0. The minimum atomic E-state index is -0.613. The van der Waals surface area contributed by atoms with Gasteiger partial charge in [0.2, 0.25) is 0 Å². The van der Waals surface area contributed by atoms with Crippen molar-refractivity contribution in [2.45, 2.75) is 19.9 Å². The molecule has 3 rings (SSSR count). The van der Waals surface area contributed by atoms with Crippen LogP contribution in [0.5, 0.6) is 5.75 Å². The maximum Gasteiger partial charge on any atom is 0.364 e. The van der Waals surface area contributed by atoms with Crippen molar-refractivity contribution in [3.63, 3.8) is 0 Å². The van der Waals surface area contributed by atoms with Crippen LogP contribution in [0.25, 0.3) is 10.8 Å². The number of ether oxygens (including phenoxy) is 1. The molecule has 0 aliphatic heterocycles. The van der Waals surface area contributed by atoms with E-state index in [0.717, 1.165) is 6.42 Å². The van der Waals surface area contributed by atoms with Gasteiger partial charge in [0, 0.05) is 17.0 Å². The van der Waals surface area contributed by atoms with E-state index < -0.39 is 5.97 Å². The van der Waals surface area contributed by atoms with Crippen molar-refractivity contribution in [1.29, 1.82) is 0 Å². The van der Waals surface area contributed by atoms with Crippen molar-refractivity contribution in [3.05, 3.63) is 69.6 Å². The molecule has 0 aliphatic carbocycles. The predicted octanol–water partition coefficient (Wildman–Crippen LogP) is 3.68. The third-order valence-corrected chi connectivity index (χ3v) is 3.77. The first kappa shape index (κ1) is 16.2. The second-order valence-corrected chi connectivity index (χ2v) is 5.70. The average molecular weight is 343 g/mol. The Morgan fingerprint density at radius 2 is 1.79 bits per heavy atom.